The predicted octanol–water partition coefficient (Wildman–Crippen LogP) is 1.44. The van der Waals surface area contributed by atoms with Crippen LogP contribution >= 0.6 is 12.6 Å². The molecule has 0 aromatic heterocycles. The van der Waals surface area contributed by atoms with Crippen molar-refractivity contribution < 1.29 is 4.79 Å². The largest absolute Gasteiger partial charge is 0.290 e. The zero-order valence-corrected chi connectivity index (χ0v) is 6.11. The highest BCUT2D eigenvalue weighted by Crippen LogP contribution is 2.06. The van der Waals surface area contributed by atoms with Crippen molar-refractivity contribution >= 4 is 18.9 Å². The van der Waals surface area contributed by atoms with Gasteiger partial charge in [0.25, 0.3) is 0 Å². The van der Waals surface area contributed by atoms with Crippen molar-refractivity contribution in [3.8, 4) is 0 Å². The van der Waals surface area contributed by atoms with Gasteiger partial charge >= 0.3 is 0 Å². The summed E-state index contributed by atoms with van der Waals surface area (Å²) >= 11 is 3.95. The molecule has 47 valence electrons. The third kappa shape index (κ3) is 4.19. The Kier molecular flexibility index (Phi) is 3.97. The van der Waals surface area contributed by atoms with Gasteiger partial charge in [-0.3, -0.25) is 4.79 Å². The van der Waals surface area contributed by atoms with E-state index in [-0.39, 0.29) is 5.25 Å². The molecule has 0 aliphatic heterocycles. The van der Waals surface area contributed by atoms with Crippen LogP contribution in [0.2, 0.25) is 0 Å². The van der Waals surface area contributed by atoms with Crippen molar-refractivity contribution in [2.45, 2.75) is 25.5 Å². The van der Waals surface area contributed by atoms with E-state index in [1.165, 1.54) is 0 Å². The fourth-order valence-electron chi connectivity index (χ4n) is 0.495. The Bertz CT molecular complexity index is 70.9. The Labute approximate surface area is 55.9 Å². The Balaban J connectivity index is 3.23. The molecule has 1 nitrogen and oxygen atoms in total. The number of rotatable bonds is 3. The molecule has 0 saturated heterocycles. The molecule has 0 amide bonds. The minimum Gasteiger partial charge on any atom is -0.290 e. The van der Waals surface area contributed by atoms with Gasteiger partial charge in [-0.05, 0) is 12.3 Å². The molecular weight excluding hydrogens is 120 g/mol. The quantitative estimate of drug-likeness (QED) is 0.573. The van der Waals surface area contributed by atoms with Crippen LogP contribution in [0.4, 0.5) is 0 Å². The highest BCUT2D eigenvalue weighted by atomic mass is 32.1. The molecule has 0 fully saturated rings. The molecule has 0 heterocycles. The summed E-state index contributed by atoms with van der Waals surface area (Å²) in [6, 6.07) is 0. The number of hydrogen-bond donors (Lipinski definition) is 1. The van der Waals surface area contributed by atoms with E-state index in [4.69, 9.17) is 0 Å². The van der Waals surface area contributed by atoms with Gasteiger partial charge in [-0.2, -0.15) is 12.6 Å². The van der Waals surface area contributed by atoms with Crippen LogP contribution < -0.4 is 0 Å². The summed E-state index contributed by atoms with van der Waals surface area (Å²) in [5, 5.41) is -0.185. The lowest BCUT2D eigenvalue weighted by molar-refractivity contribution is 0.535. The lowest BCUT2D eigenvalue weighted by Crippen LogP contribution is -2.03. The van der Waals surface area contributed by atoms with Gasteiger partial charge in [-0.25, -0.2) is 0 Å². The van der Waals surface area contributed by atoms with Gasteiger partial charge in [0.15, 0.2) is 0 Å². The molecule has 2 heteroatoms. The molecule has 0 rings (SSSR count). The van der Waals surface area contributed by atoms with E-state index < -0.39 is 0 Å². The first-order valence-corrected chi connectivity index (χ1v) is 3.24. The molecule has 8 heavy (non-hydrogen) atoms. The lowest BCUT2D eigenvalue weighted by atomic mass is 10.1. The summed E-state index contributed by atoms with van der Waals surface area (Å²) in [7, 11) is 0. The van der Waals surface area contributed by atoms with E-state index in [1.54, 1.807) is 0 Å². The molecule has 0 aliphatic carbocycles. The van der Waals surface area contributed by atoms with Crippen LogP contribution in [0.5, 0.6) is 0 Å². The molecule has 1 atom stereocenters. The van der Waals surface area contributed by atoms with Gasteiger partial charge in [-0.15, -0.1) is 0 Å². The SMILES string of the molecule is CC(C)CC(S)[C]=O. The Morgan fingerprint density at radius 1 is 1.62 bits per heavy atom. The van der Waals surface area contributed by atoms with Crippen molar-refractivity contribution in [3.05, 3.63) is 0 Å². The minimum atomic E-state index is -0.185. The van der Waals surface area contributed by atoms with Crippen LogP contribution in [0.25, 0.3) is 0 Å². The molecule has 0 bridgehead atoms. The van der Waals surface area contributed by atoms with Crippen molar-refractivity contribution in [1.29, 1.82) is 0 Å². The van der Waals surface area contributed by atoms with Crippen molar-refractivity contribution in [2.75, 3.05) is 0 Å². The van der Waals surface area contributed by atoms with Gasteiger partial charge in [0.2, 0.25) is 6.29 Å². The van der Waals surface area contributed by atoms with Crippen molar-refractivity contribution in [2.24, 2.45) is 5.92 Å². The maximum absolute atomic E-state index is 9.84. The van der Waals surface area contributed by atoms with Crippen LogP contribution in [0.15, 0.2) is 0 Å². The molecule has 1 unspecified atom stereocenters. The summed E-state index contributed by atoms with van der Waals surface area (Å²) in [5.41, 5.74) is 0. The molecule has 0 aromatic rings. The first-order valence-electron chi connectivity index (χ1n) is 2.72. The van der Waals surface area contributed by atoms with Crippen LogP contribution in [0.1, 0.15) is 20.3 Å². The first kappa shape index (κ1) is 8.02. The van der Waals surface area contributed by atoms with Crippen LogP contribution in [-0.4, -0.2) is 11.5 Å². The second-order valence-electron chi connectivity index (χ2n) is 2.26. The van der Waals surface area contributed by atoms with Gasteiger partial charge in [0, 0.05) is 0 Å². The van der Waals surface area contributed by atoms with Gasteiger partial charge in [0.05, 0.1) is 5.25 Å². The average Bonchev–Trinajstić information content (AvgIpc) is 1.65. The van der Waals surface area contributed by atoms with Crippen LogP contribution in [0.3, 0.4) is 0 Å². The Hall–Kier alpha value is 0.0200. The summed E-state index contributed by atoms with van der Waals surface area (Å²) in [4.78, 5) is 9.84. The second kappa shape index (κ2) is 3.96. The number of hydrogen-bond acceptors (Lipinski definition) is 2. The molecule has 0 spiro atoms. The van der Waals surface area contributed by atoms with E-state index in [1.807, 2.05) is 6.29 Å². The average molecular weight is 131 g/mol. The molecule has 0 saturated carbocycles. The van der Waals surface area contributed by atoms with Crippen molar-refractivity contribution in [1.82, 2.24) is 0 Å². The summed E-state index contributed by atoms with van der Waals surface area (Å²) in [5.74, 6) is 0.541. The molecule has 1 radical (unpaired) electrons. The zero-order valence-electron chi connectivity index (χ0n) is 5.22. The van der Waals surface area contributed by atoms with E-state index >= 15 is 0 Å². The topological polar surface area (TPSA) is 17.1 Å². The fraction of sp³-hybridized carbons (Fsp3) is 0.833. The van der Waals surface area contributed by atoms with Crippen molar-refractivity contribution in [3.63, 3.8) is 0 Å². The van der Waals surface area contributed by atoms with Crippen LogP contribution in [-0.2, 0) is 4.79 Å². The minimum absolute atomic E-state index is 0.185. The molecule has 0 N–H and O–H groups in total. The lowest BCUT2D eigenvalue weighted by Gasteiger charge is -2.03. The molecule has 0 aliphatic rings. The maximum Gasteiger partial charge on any atom is 0.212 e. The first-order chi connectivity index (χ1) is 3.66. The third-order valence-electron chi connectivity index (χ3n) is 0.831. The fourth-order valence-corrected chi connectivity index (χ4v) is 0.916. The second-order valence-corrected chi connectivity index (χ2v) is 2.89. The smallest absolute Gasteiger partial charge is 0.212 e. The molecular formula is C6H11OS. The normalized spacial score (nSPS) is 14.0. The summed E-state index contributed by atoms with van der Waals surface area (Å²) in [6.45, 7) is 4.11. The van der Waals surface area contributed by atoms with E-state index in [2.05, 4.69) is 26.5 Å². The van der Waals surface area contributed by atoms with E-state index in [9.17, 15) is 4.79 Å². The van der Waals surface area contributed by atoms with Gasteiger partial charge in [-0.1, -0.05) is 13.8 Å². The third-order valence-corrected chi connectivity index (χ3v) is 1.15. The highest BCUT2D eigenvalue weighted by molar-refractivity contribution is 7.81. The van der Waals surface area contributed by atoms with E-state index in [0.29, 0.717) is 5.92 Å². The summed E-state index contributed by atoms with van der Waals surface area (Å²) < 4.78 is 0. The Morgan fingerprint density at radius 2 is 2.12 bits per heavy atom. The standard InChI is InChI=1S/C6H11OS/c1-5(2)3-6(8)4-7/h5-6,8H,3H2,1-2H3. The number of carbonyl (C=O) groups excluding carboxylic acids is 1. The van der Waals surface area contributed by atoms with Gasteiger partial charge < -0.3 is 0 Å². The highest BCUT2D eigenvalue weighted by Gasteiger charge is 2.03. The molecule has 0 aromatic carbocycles. The van der Waals surface area contributed by atoms with Gasteiger partial charge in [0.1, 0.15) is 0 Å². The van der Waals surface area contributed by atoms with Crippen LogP contribution in [0, 0.1) is 5.92 Å². The zero-order chi connectivity index (χ0) is 6.57. The summed E-state index contributed by atoms with van der Waals surface area (Å²) in [6.07, 6.45) is 2.64. The number of thiol groups is 1. The van der Waals surface area contributed by atoms with E-state index in [0.717, 1.165) is 6.42 Å². The maximum atomic E-state index is 9.84. The monoisotopic (exact) mass is 131 g/mol. The predicted molar refractivity (Wildman–Crippen MR) is 37.9 cm³/mol. The Morgan fingerprint density at radius 3 is 2.25 bits per heavy atom.